The Morgan fingerprint density at radius 1 is 1.25 bits per heavy atom. The molecule has 1 aliphatic heterocycles. The summed E-state index contributed by atoms with van der Waals surface area (Å²) in [6, 6.07) is 0.681. The summed E-state index contributed by atoms with van der Waals surface area (Å²) in [4.78, 5) is 11.9. The molecule has 2 aliphatic rings. The summed E-state index contributed by atoms with van der Waals surface area (Å²) in [7, 11) is 0. The number of hydrogen-bond donors (Lipinski definition) is 3. The van der Waals surface area contributed by atoms with Crippen molar-refractivity contribution in [1.82, 2.24) is 20.4 Å². The molecule has 1 aromatic heterocycles. The van der Waals surface area contributed by atoms with Crippen molar-refractivity contribution in [1.29, 1.82) is 0 Å². The van der Waals surface area contributed by atoms with E-state index in [0.717, 1.165) is 44.5 Å². The number of urea groups is 1. The van der Waals surface area contributed by atoms with Gasteiger partial charge < -0.3 is 16.0 Å². The lowest BCUT2D eigenvalue weighted by Crippen LogP contribution is -2.36. The average Bonchev–Trinajstić information content (AvgIpc) is 3.11. The first-order valence-corrected chi connectivity index (χ1v) is 7.63. The van der Waals surface area contributed by atoms with Crippen LogP contribution in [0.1, 0.15) is 44.6 Å². The van der Waals surface area contributed by atoms with Crippen LogP contribution >= 0.6 is 0 Å². The maximum Gasteiger partial charge on any atom is 0.319 e. The summed E-state index contributed by atoms with van der Waals surface area (Å²) in [5.41, 5.74) is 0.777. The van der Waals surface area contributed by atoms with Gasteiger partial charge in [0, 0.05) is 12.2 Å². The second-order valence-electron chi connectivity index (χ2n) is 5.77. The number of piperidine rings is 1. The van der Waals surface area contributed by atoms with Crippen molar-refractivity contribution >= 4 is 11.7 Å². The molecule has 0 spiro atoms. The molecule has 1 saturated heterocycles. The number of nitrogens with zero attached hydrogens (tertiary/aromatic N) is 2. The third-order valence-corrected chi connectivity index (χ3v) is 4.23. The number of nitrogens with one attached hydrogen (secondary N) is 3. The van der Waals surface area contributed by atoms with E-state index < -0.39 is 0 Å². The second-order valence-corrected chi connectivity index (χ2v) is 5.77. The Kier molecular flexibility index (Phi) is 4.20. The van der Waals surface area contributed by atoms with Crippen LogP contribution in [0.5, 0.6) is 0 Å². The highest BCUT2D eigenvalue weighted by Crippen LogP contribution is 2.20. The molecule has 6 nitrogen and oxygen atoms in total. The molecule has 1 aromatic rings. The van der Waals surface area contributed by atoms with Gasteiger partial charge in [-0.05, 0) is 38.8 Å². The molecular formula is C14H23N5O. The molecule has 1 aliphatic carbocycles. The minimum atomic E-state index is -0.109. The van der Waals surface area contributed by atoms with Crippen molar-refractivity contribution in [2.75, 3.05) is 18.4 Å². The van der Waals surface area contributed by atoms with Crippen molar-refractivity contribution in [3.63, 3.8) is 0 Å². The van der Waals surface area contributed by atoms with Crippen LogP contribution in [0.4, 0.5) is 10.5 Å². The Bertz CT molecular complexity index is 446. The van der Waals surface area contributed by atoms with Crippen LogP contribution in [0.2, 0.25) is 0 Å². The molecule has 1 saturated carbocycles. The molecule has 2 heterocycles. The number of anilines is 1. The van der Waals surface area contributed by atoms with E-state index >= 15 is 0 Å². The summed E-state index contributed by atoms with van der Waals surface area (Å²) in [6.07, 6.45) is 10.5. The summed E-state index contributed by atoms with van der Waals surface area (Å²) in [5.74, 6) is 0. The lowest BCUT2D eigenvalue weighted by molar-refractivity contribution is 0.248. The number of carbonyl (C=O) groups excluding carboxylic acids is 1. The Labute approximate surface area is 119 Å². The molecule has 0 atom stereocenters. The van der Waals surface area contributed by atoms with Gasteiger partial charge in [0.1, 0.15) is 0 Å². The molecule has 20 heavy (non-hydrogen) atoms. The first-order chi connectivity index (χ1) is 9.81. The van der Waals surface area contributed by atoms with Crippen molar-refractivity contribution in [3.8, 4) is 0 Å². The predicted octanol–water partition coefficient (Wildman–Crippen LogP) is 1.87. The minimum Gasteiger partial charge on any atom is -0.335 e. The van der Waals surface area contributed by atoms with E-state index in [0.29, 0.717) is 12.1 Å². The zero-order valence-corrected chi connectivity index (χ0v) is 11.8. The van der Waals surface area contributed by atoms with Gasteiger partial charge in [-0.25, -0.2) is 4.79 Å². The molecule has 0 unspecified atom stereocenters. The topological polar surface area (TPSA) is 71.0 Å². The van der Waals surface area contributed by atoms with E-state index in [2.05, 4.69) is 21.0 Å². The van der Waals surface area contributed by atoms with Gasteiger partial charge in [-0.1, -0.05) is 12.8 Å². The fourth-order valence-electron chi connectivity index (χ4n) is 3.10. The fraction of sp³-hybridized carbons (Fsp3) is 0.714. The third kappa shape index (κ3) is 3.30. The minimum absolute atomic E-state index is 0.109. The summed E-state index contributed by atoms with van der Waals surface area (Å²) >= 11 is 0. The maximum atomic E-state index is 11.9. The van der Waals surface area contributed by atoms with E-state index in [4.69, 9.17) is 0 Å². The zero-order valence-electron chi connectivity index (χ0n) is 11.8. The van der Waals surface area contributed by atoms with Crippen LogP contribution < -0.4 is 16.0 Å². The zero-order chi connectivity index (χ0) is 13.8. The summed E-state index contributed by atoms with van der Waals surface area (Å²) < 4.78 is 1.98. The van der Waals surface area contributed by atoms with Gasteiger partial charge in [0.15, 0.2) is 0 Å². The normalized spacial score (nSPS) is 21.0. The molecule has 110 valence electrons. The molecule has 2 amide bonds. The van der Waals surface area contributed by atoms with Crippen LogP contribution in [0.25, 0.3) is 0 Å². The van der Waals surface area contributed by atoms with Gasteiger partial charge in [-0.3, -0.25) is 4.68 Å². The van der Waals surface area contributed by atoms with E-state index in [9.17, 15) is 4.79 Å². The van der Waals surface area contributed by atoms with Crippen molar-refractivity contribution in [3.05, 3.63) is 12.4 Å². The smallest absolute Gasteiger partial charge is 0.319 e. The molecule has 6 heteroatoms. The van der Waals surface area contributed by atoms with E-state index in [1.165, 1.54) is 12.8 Å². The van der Waals surface area contributed by atoms with Crippen LogP contribution in [0, 0.1) is 0 Å². The summed E-state index contributed by atoms with van der Waals surface area (Å²) in [5, 5.41) is 13.6. The Morgan fingerprint density at radius 2 is 2.00 bits per heavy atom. The summed E-state index contributed by atoms with van der Waals surface area (Å²) in [6.45, 7) is 2.07. The third-order valence-electron chi connectivity index (χ3n) is 4.23. The monoisotopic (exact) mass is 277 g/mol. The molecule has 3 rings (SSSR count). The lowest BCUT2D eigenvalue weighted by Gasteiger charge is -2.22. The number of carbonyl (C=O) groups is 1. The van der Waals surface area contributed by atoms with Crippen molar-refractivity contribution in [2.24, 2.45) is 0 Å². The Morgan fingerprint density at radius 3 is 2.75 bits per heavy atom. The van der Waals surface area contributed by atoms with Crippen LogP contribution in [-0.4, -0.2) is 34.9 Å². The van der Waals surface area contributed by atoms with Crippen LogP contribution in [0.15, 0.2) is 12.4 Å². The number of hydrogen-bond acceptors (Lipinski definition) is 3. The van der Waals surface area contributed by atoms with Crippen LogP contribution in [-0.2, 0) is 0 Å². The number of amides is 2. The van der Waals surface area contributed by atoms with Gasteiger partial charge in [0.05, 0.1) is 17.9 Å². The van der Waals surface area contributed by atoms with Gasteiger partial charge in [0.2, 0.25) is 0 Å². The highest BCUT2D eigenvalue weighted by molar-refractivity contribution is 5.89. The van der Waals surface area contributed by atoms with Gasteiger partial charge in [-0.2, -0.15) is 5.10 Å². The van der Waals surface area contributed by atoms with Crippen LogP contribution in [0.3, 0.4) is 0 Å². The van der Waals surface area contributed by atoms with Gasteiger partial charge in [-0.15, -0.1) is 0 Å². The van der Waals surface area contributed by atoms with Gasteiger partial charge >= 0.3 is 6.03 Å². The molecule has 0 radical (unpaired) electrons. The second kappa shape index (κ2) is 6.26. The predicted molar refractivity (Wildman–Crippen MR) is 77.8 cm³/mol. The standard InChI is InChI=1S/C14H23N5O/c20-14(17-11-3-1-2-4-11)18-12-9-16-19(10-12)13-5-7-15-8-6-13/h9-11,13,15H,1-8H2,(H2,17,18,20). The Balaban J connectivity index is 1.52. The molecule has 0 aromatic carbocycles. The molecule has 2 fully saturated rings. The largest absolute Gasteiger partial charge is 0.335 e. The first kappa shape index (κ1) is 13.4. The van der Waals surface area contributed by atoms with E-state index in [-0.39, 0.29) is 6.03 Å². The number of aromatic nitrogens is 2. The SMILES string of the molecule is O=C(Nc1cnn(C2CCNCC2)c1)NC1CCCC1. The molecule has 3 N–H and O–H groups in total. The van der Waals surface area contributed by atoms with Gasteiger partial charge in [0.25, 0.3) is 0 Å². The van der Waals surface area contributed by atoms with E-state index in [1.807, 2.05) is 10.9 Å². The number of rotatable bonds is 3. The first-order valence-electron chi connectivity index (χ1n) is 7.63. The Hall–Kier alpha value is -1.56. The van der Waals surface area contributed by atoms with Crippen molar-refractivity contribution < 1.29 is 4.79 Å². The average molecular weight is 277 g/mol. The quantitative estimate of drug-likeness (QED) is 0.790. The lowest BCUT2D eigenvalue weighted by atomic mass is 10.1. The highest BCUT2D eigenvalue weighted by atomic mass is 16.2. The highest BCUT2D eigenvalue weighted by Gasteiger charge is 2.18. The molecular weight excluding hydrogens is 254 g/mol. The molecule has 0 bridgehead atoms. The fourth-order valence-corrected chi connectivity index (χ4v) is 3.10. The maximum absolute atomic E-state index is 11.9. The van der Waals surface area contributed by atoms with E-state index in [1.54, 1.807) is 6.20 Å². The van der Waals surface area contributed by atoms with Crippen molar-refractivity contribution in [2.45, 2.75) is 50.6 Å².